The van der Waals surface area contributed by atoms with Crippen molar-refractivity contribution >= 4 is 33.6 Å². The first-order valence-electron chi connectivity index (χ1n) is 11.9. The molecule has 0 spiro atoms. The average Bonchev–Trinajstić information content (AvgIpc) is 3.12. The lowest BCUT2D eigenvalue weighted by atomic mass is 9.91. The number of ether oxygens (including phenoxy) is 2. The molecule has 4 rings (SSSR count). The number of carbonyl (C=O) groups excluding carboxylic acids is 3. The van der Waals surface area contributed by atoms with Crippen LogP contribution in [0.15, 0.2) is 47.4 Å². The zero-order valence-electron chi connectivity index (χ0n) is 20.9. The minimum atomic E-state index is -3.59. The SMILES string of the molecule is COc1ccc([C@]2(C)NC(=O)N(CC(=O)Nc3ccc(S(=O)(=O)N4CCCCC4)cc3)C2=O)cc1OC. The van der Waals surface area contributed by atoms with E-state index >= 15 is 0 Å². The summed E-state index contributed by atoms with van der Waals surface area (Å²) < 4.78 is 37.6. The third-order valence-electron chi connectivity index (χ3n) is 6.63. The lowest BCUT2D eigenvalue weighted by Gasteiger charge is -2.25. The summed E-state index contributed by atoms with van der Waals surface area (Å²) in [4.78, 5) is 39.5. The van der Waals surface area contributed by atoms with E-state index in [1.54, 1.807) is 25.1 Å². The Morgan fingerprint density at radius 2 is 1.65 bits per heavy atom. The number of methoxy groups -OCH3 is 2. The molecular weight excluding hydrogens is 500 g/mol. The number of anilines is 1. The molecule has 1 atom stereocenters. The summed E-state index contributed by atoms with van der Waals surface area (Å²) in [5, 5.41) is 5.26. The highest BCUT2D eigenvalue weighted by molar-refractivity contribution is 7.89. The first-order valence-corrected chi connectivity index (χ1v) is 13.3. The standard InChI is InChI=1S/C25H30N4O7S/c1-25(17-7-12-20(35-2)21(15-17)36-3)23(31)29(24(32)27-25)16-22(30)26-18-8-10-19(11-9-18)37(33,34)28-13-5-4-6-14-28/h7-12,15H,4-6,13-14,16H2,1-3H3,(H,26,30)(H,27,32)/t25-/m0/s1. The Morgan fingerprint density at radius 1 is 1.00 bits per heavy atom. The van der Waals surface area contributed by atoms with Gasteiger partial charge in [0.1, 0.15) is 12.1 Å². The molecule has 4 amide bonds. The van der Waals surface area contributed by atoms with E-state index < -0.39 is 40.0 Å². The monoisotopic (exact) mass is 530 g/mol. The molecule has 2 heterocycles. The van der Waals surface area contributed by atoms with Crippen LogP contribution in [0.4, 0.5) is 10.5 Å². The van der Waals surface area contributed by atoms with Gasteiger partial charge in [0.2, 0.25) is 15.9 Å². The Labute approximate surface area is 215 Å². The van der Waals surface area contributed by atoms with Crippen molar-refractivity contribution in [3.8, 4) is 11.5 Å². The Balaban J connectivity index is 1.43. The highest BCUT2D eigenvalue weighted by Gasteiger charge is 2.49. The third kappa shape index (κ3) is 5.12. The zero-order chi connectivity index (χ0) is 26.8. The molecule has 198 valence electrons. The number of nitrogens with one attached hydrogen (secondary N) is 2. The molecule has 2 aliphatic rings. The van der Waals surface area contributed by atoms with Crippen molar-refractivity contribution < 1.29 is 32.3 Å². The number of benzene rings is 2. The molecule has 11 nitrogen and oxygen atoms in total. The molecule has 0 radical (unpaired) electrons. The van der Waals surface area contributed by atoms with Crippen molar-refractivity contribution in [1.29, 1.82) is 0 Å². The van der Waals surface area contributed by atoms with Gasteiger partial charge in [-0.05, 0) is 61.7 Å². The first kappa shape index (κ1) is 26.4. The highest BCUT2D eigenvalue weighted by Crippen LogP contribution is 2.35. The fourth-order valence-electron chi connectivity index (χ4n) is 4.49. The Kier molecular flexibility index (Phi) is 7.42. The number of nitrogens with zero attached hydrogens (tertiary/aromatic N) is 2. The van der Waals surface area contributed by atoms with Crippen molar-refractivity contribution in [1.82, 2.24) is 14.5 Å². The van der Waals surface area contributed by atoms with E-state index in [-0.39, 0.29) is 4.90 Å². The van der Waals surface area contributed by atoms with E-state index in [0.717, 1.165) is 24.2 Å². The largest absolute Gasteiger partial charge is 0.493 e. The number of imide groups is 1. The maximum atomic E-state index is 13.2. The van der Waals surface area contributed by atoms with Crippen molar-refractivity contribution in [2.45, 2.75) is 36.6 Å². The van der Waals surface area contributed by atoms with Crippen LogP contribution < -0.4 is 20.1 Å². The molecule has 2 aromatic carbocycles. The van der Waals surface area contributed by atoms with Crippen LogP contribution in [0.1, 0.15) is 31.7 Å². The second kappa shape index (κ2) is 10.4. The van der Waals surface area contributed by atoms with Crippen LogP contribution in [-0.4, -0.2) is 69.3 Å². The Hall–Kier alpha value is -3.64. The van der Waals surface area contributed by atoms with Gasteiger partial charge in [-0.1, -0.05) is 12.5 Å². The quantitative estimate of drug-likeness (QED) is 0.500. The van der Waals surface area contributed by atoms with E-state index in [1.807, 2.05) is 0 Å². The Bertz CT molecular complexity index is 1310. The summed E-state index contributed by atoms with van der Waals surface area (Å²) in [6.07, 6.45) is 2.68. The fraction of sp³-hybridized carbons (Fsp3) is 0.400. The average molecular weight is 531 g/mol. The number of amides is 4. The van der Waals surface area contributed by atoms with Crippen molar-refractivity contribution in [3.63, 3.8) is 0 Å². The van der Waals surface area contributed by atoms with E-state index in [2.05, 4.69) is 10.6 Å². The topological polar surface area (TPSA) is 134 Å². The Morgan fingerprint density at radius 3 is 2.27 bits per heavy atom. The summed E-state index contributed by atoms with van der Waals surface area (Å²) in [5.74, 6) is -0.336. The highest BCUT2D eigenvalue weighted by atomic mass is 32.2. The summed E-state index contributed by atoms with van der Waals surface area (Å²) in [7, 11) is -0.638. The second-order valence-electron chi connectivity index (χ2n) is 9.05. The van der Waals surface area contributed by atoms with Gasteiger partial charge in [0.05, 0.1) is 19.1 Å². The maximum absolute atomic E-state index is 13.2. The molecule has 0 saturated carbocycles. The molecule has 12 heteroatoms. The molecule has 0 aliphatic carbocycles. The molecule has 0 aromatic heterocycles. The molecule has 37 heavy (non-hydrogen) atoms. The normalized spacial score (nSPS) is 20.5. The first-order chi connectivity index (χ1) is 17.6. The van der Waals surface area contributed by atoms with Crippen LogP contribution in [0.5, 0.6) is 11.5 Å². The van der Waals surface area contributed by atoms with Crippen LogP contribution >= 0.6 is 0 Å². The summed E-state index contributed by atoms with van der Waals surface area (Å²) in [5.41, 5.74) is -0.587. The van der Waals surface area contributed by atoms with Crippen LogP contribution in [0.25, 0.3) is 0 Å². The number of hydrogen-bond acceptors (Lipinski definition) is 7. The molecule has 2 fully saturated rings. The summed E-state index contributed by atoms with van der Waals surface area (Å²) in [6.45, 7) is 2.03. The predicted octanol–water partition coefficient (Wildman–Crippen LogP) is 2.28. The van der Waals surface area contributed by atoms with Gasteiger partial charge in [-0.3, -0.25) is 14.5 Å². The van der Waals surface area contributed by atoms with E-state index in [0.29, 0.717) is 35.8 Å². The van der Waals surface area contributed by atoms with Gasteiger partial charge in [-0.25, -0.2) is 13.2 Å². The molecule has 2 saturated heterocycles. The maximum Gasteiger partial charge on any atom is 0.325 e. The molecule has 2 aromatic rings. The summed E-state index contributed by atoms with van der Waals surface area (Å²) >= 11 is 0. The molecule has 0 bridgehead atoms. The lowest BCUT2D eigenvalue weighted by molar-refractivity contribution is -0.133. The van der Waals surface area contributed by atoms with Gasteiger partial charge in [0.25, 0.3) is 5.91 Å². The fourth-order valence-corrected chi connectivity index (χ4v) is 6.01. The number of piperidine rings is 1. The van der Waals surface area contributed by atoms with Crippen molar-refractivity contribution in [3.05, 3.63) is 48.0 Å². The lowest BCUT2D eigenvalue weighted by Crippen LogP contribution is -2.42. The number of urea groups is 1. The summed E-state index contributed by atoms with van der Waals surface area (Å²) in [6, 6.07) is 9.98. The van der Waals surface area contributed by atoms with Crippen LogP contribution in [0.2, 0.25) is 0 Å². The van der Waals surface area contributed by atoms with Crippen LogP contribution in [0, 0.1) is 0 Å². The minimum absolute atomic E-state index is 0.146. The van der Waals surface area contributed by atoms with Crippen LogP contribution in [-0.2, 0) is 25.2 Å². The van der Waals surface area contributed by atoms with Gasteiger partial charge in [0.15, 0.2) is 11.5 Å². The van der Waals surface area contributed by atoms with Gasteiger partial charge in [0, 0.05) is 18.8 Å². The molecule has 2 aliphatic heterocycles. The third-order valence-corrected chi connectivity index (χ3v) is 8.54. The number of rotatable bonds is 8. The van der Waals surface area contributed by atoms with Crippen LogP contribution in [0.3, 0.4) is 0 Å². The predicted molar refractivity (Wildman–Crippen MR) is 135 cm³/mol. The molecule has 2 N–H and O–H groups in total. The number of sulfonamides is 1. The minimum Gasteiger partial charge on any atom is -0.493 e. The molecular formula is C25H30N4O7S. The number of carbonyl (C=O) groups is 3. The van der Waals surface area contributed by atoms with Crippen molar-refractivity contribution in [2.24, 2.45) is 0 Å². The van der Waals surface area contributed by atoms with E-state index in [1.165, 1.54) is 42.8 Å². The van der Waals surface area contributed by atoms with Gasteiger partial charge >= 0.3 is 6.03 Å². The van der Waals surface area contributed by atoms with Gasteiger partial charge < -0.3 is 20.1 Å². The molecule has 0 unspecified atom stereocenters. The number of hydrogen-bond donors (Lipinski definition) is 2. The second-order valence-corrected chi connectivity index (χ2v) is 11.0. The van der Waals surface area contributed by atoms with Gasteiger partial charge in [-0.15, -0.1) is 0 Å². The smallest absolute Gasteiger partial charge is 0.325 e. The van der Waals surface area contributed by atoms with E-state index in [9.17, 15) is 22.8 Å². The van der Waals surface area contributed by atoms with E-state index in [4.69, 9.17) is 9.47 Å². The zero-order valence-corrected chi connectivity index (χ0v) is 21.8. The van der Waals surface area contributed by atoms with Gasteiger partial charge in [-0.2, -0.15) is 4.31 Å². The van der Waals surface area contributed by atoms with Crippen molar-refractivity contribution in [2.75, 3.05) is 39.2 Å².